The summed E-state index contributed by atoms with van der Waals surface area (Å²) in [5, 5.41) is 8.99. The maximum Gasteiger partial charge on any atom is 0.185 e. The van der Waals surface area contributed by atoms with E-state index in [-0.39, 0.29) is 11.5 Å². The summed E-state index contributed by atoms with van der Waals surface area (Å²) >= 11 is 0. The van der Waals surface area contributed by atoms with Crippen molar-refractivity contribution in [3.8, 4) is 5.75 Å². The number of phenols is 1. The predicted molar refractivity (Wildman–Crippen MR) is 51.9 cm³/mol. The minimum absolute atomic E-state index is 0.0278. The molecule has 0 bridgehead atoms. The number of benzene rings is 1. The number of rotatable bonds is 2. The first-order valence-corrected chi connectivity index (χ1v) is 4.08. The van der Waals surface area contributed by atoms with E-state index in [1.54, 1.807) is 18.2 Å². The summed E-state index contributed by atoms with van der Waals surface area (Å²) in [4.78, 5) is 11.4. The first-order valence-electron chi connectivity index (χ1n) is 4.08. The van der Waals surface area contributed by atoms with Crippen LogP contribution in [0.25, 0.3) is 0 Å². The van der Waals surface area contributed by atoms with Crippen LogP contribution in [-0.2, 0) is 0 Å². The lowest BCUT2D eigenvalue weighted by Gasteiger charge is -1.96. The fourth-order valence-electron chi connectivity index (χ4n) is 0.971. The number of carbonyl (C=O) groups is 1. The van der Waals surface area contributed by atoms with Crippen LogP contribution in [0.4, 0.5) is 0 Å². The molecule has 0 radical (unpaired) electrons. The summed E-state index contributed by atoms with van der Waals surface area (Å²) < 4.78 is 0. The van der Waals surface area contributed by atoms with Crippen molar-refractivity contribution in [2.45, 2.75) is 13.8 Å². The van der Waals surface area contributed by atoms with Crippen molar-refractivity contribution in [3.63, 3.8) is 0 Å². The Labute approximate surface area is 77.5 Å². The van der Waals surface area contributed by atoms with Crippen LogP contribution in [0.2, 0.25) is 0 Å². The second kappa shape index (κ2) is 3.90. The Morgan fingerprint density at radius 2 is 1.77 bits per heavy atom. The second-order valence-corrected chi connectivity index (χ2v) is 3.13. The van der Waals surface area contributed by atoms with Crippen molar-refractivity contribution in [3.05, 3.63) is 41.5 Å². The van der Waals surface area contributed by atoms with Crippen molar-refractivity contribution in [1.82, 2.24) is 0 Å². The highest BCUT2D eigenvalue weighted by molar-refractivity contribution is 6.04. The molecular weight excluding hydrogens is 164 g/mol. The molecule has 0 atom stereocenters. The molecule has 13 heavy (non-hydrogen) atoms. The van der Waals surface area contributed by atoms with Gasteiger partial charge in [-0.2, -0.15) is 0 Å². The standard InChI is InChI=1S/C11H12O2/c1-8(2)7-11(13)9-3-5-10(12)6-4-9/h3-7,12H,1-2H3. The highest BCUT2D eigenvalue weighted by atomic mass is 16.3. The van der Waals surface area contributed by atoms with Crippen LogP contribution in [0.3, 0.4) is 0 Å². The van der Waals surface area contributed by atoms with Crippen molar-refractivity contribution < 1.29 is 9.90 Å². The average molecular weight is 176 g/mol. The molecule has 1 aromatic rings. The number of allylic oxidation sites excluding steroid dienone is 2. The molecule has 0 fully saturated rings. The molecule has 1 N–H and O–H groups in total. The Morgan fingerprint density at radius 1 is 1.23 bits per heavy atom. The van der Waals surface area contributed by atoms with Crippen molar-refractivity contribution in [2.75, 3.05) is 0 Å². The highest BCUT2D eigenvalue weighted by Gasteiger charge is 2.00. The molecule has 0 saturated carbocycles. The van der Waals surface area contributed by atoms with Crippen LogP contribution in [0, 0.1) is 0 Å². The van der Waals surface area contributed by atoms with E-state index in [4.69, 9.17) is 5.11 Å². The van der Waals surface area contributed by atoms with Gasteiger partial charge >= 0.3 is 0 Å². The van der Waals surface area contributed by atoms with E-state index in [1.165, 1.54) is 12.1 Å². The summed E-state index contributed by atoms with van der Waals surface area (Å²) in [5.74, 6) is 0.147. The quantitative estimate of drug-likeness (QED) is 0.555. The Morgan fingerprint density at radius 3 is 2.23 bits per heavy atom. The van der Waals surface area contributed by atoms with Crippen molar-refractivity contribution in [2.24, 2.45) is 0 Å². The summed E-state index contributed by atoms with van der Waals surface area (Å²) in [6.45, 7) is 3.75. The molecule has 0 aromatic heterocycles. The van der Waals surface area contributed by atoms with Gasteiger partial charge in [-0.15, -0.1) is 0 Å². The zero-order chi connectivity index (χ0) is 9.84. The number of hydrogen-bond acceptors (Lipinski definition) is 2. The number of aromatic hydroxyl groups is 1. The number of carbonyl (C=O) groups excluding carboxylic acids is 1. The minimum atomic E-state index is -0.0278. The Hall–Kier alpha value is -1.57. The third-order valence-electron chi connectivity index (χ3n) is 1.57. The van der Waals surface area contributed by atoms with Gasteiger partial charge in [0.05, 0.1) is 0 Å². The van der Waals surface area contributed by atoms with E-state index in [2.05, 4.69) is 0 Å². The van der Waals surface area contributed by atoms with Gasteiger partial charge in [0.25, 0.3) is 0 Å². The van der Waals surface area contributed by atoms with Crippen LogP contribution in [0.5, 0.6) is 5.75 Å². The lowest BCUT2D eigenvalue weighted by atomic mass is 10.1. The van der Waals surface area contributed by atoms with Crippen LogP contribution in [-0.4, -0.2) is 10.9 Å². The Balaban J connectivity index is 2.90. The molecule has 0 heterocycles. The normalized spacial score (nSPS) is 9.38. The number of ketones is 1. The Bertz CT molecular complexity index is 330. The SMILES string of the molecule is CC(C)=CC(=O)c1ccc(O)cc1. The fourth-order valence-corrected chi connectivity index (χ4v) is 0.971. The topological polar surface area (TPSA) is 37.3 Å². The van der Waals surface area contributed by atoms with E-state index in [9.17, 15) is 4.79 Å². The summed E-state index contributed by atoms with van der Waals surface area (Å²) in [6.07, 6.45) is 1.58. The number of hydrogen-bond donors (Lipinski definition) is 1. The third kappa shape index (κ3) is 2.75. The smallest absolute Gasteiger partial charge is 0.185 e. The molecule has 2 nitrogen and oxygen atoms in total. The van der Waals surface area contributed by atoms with Crippen molar-refractivity contribution in [1.29, 1.82) is 0 Å². The van der Waals surface area contributed by atoms with E-state index < -0.39 is 0 Å². The first kappa shape index (κ1) is 9.52. The average Bonchev–Trinajstić information content (AvgIpc) is 2.04. The molecule has 68 valence electrons. The minimum Gasteiger partial charge on any atom is -0.508 e. The van der Waals surface area contributed by atoms with Crippen LogP contribution in [0.1, 0.15) is 24.2 Å². The van der Waals surface area contributed by atoms with Gasteiger partial charge in [-0.05, 0) is 44.2 Å². The lowest BCUT2D eigenvalue weighted by Crippen LogP contribution is -1.93. The molecular formula is C11H12O2. The van der Waals surface area contributed by atoms with E-state index in [0.29, 0.717) is 5.56 Å². The van der Waals surface area contributed by atoms with Gasteiger partial charge in [0, 0.05) is 5.56 Å². The predicted octanol–water partition coefficient (Wildman–Crippen LogP) is 2.54. The maximum atomic E-state index is 11.4. The van der Waals surface area contributed by atoms with Crippen LogP contribution < -0.4 is 0 Å². The second-order valence-electron chi connectivity index (χ2n) is 3.13. The molecule has 0 aliphatic heterocycles. The molecule has 0 aliphatic rings. The van der Waals surface area contributed by atoms with Crippen LogP contribution in [0.15, 0.2) is 35.9 Å². The number of phenolic OH excluding ortho intramolecular Hbond substituents is 1. The van der Waals surface area contributed by atoms with E-state index in [1.807, 2.05) is 13.8 Å². The monoisotopic (exact) mass is 176 g/mol. The van der Waals surface area contributed by atoms with Crippen LogP contribution >= 0.6 is 0 Å². The zero-order valence-electron chi connectivity index (χ0n) is 7.74. The van der Waals surface area contributed by atoms with Crippen molar-refractivity contribution >= 4 is 5.78 Å². The fraction of sp³-hybridized carbons (Fsp3) is 0.182. The molecule has 1 aromatic carbocycles. The van der Waals surface area contributed by atoms with Gasteiger partial charge in [0.15, 0.2) is 5.78 Å². The summed E-state index contributed by atoms with van der Waals surface area (Å²) in [6, 6.07) is 6.23. The van der Waals surface area contributed by atoms with Gasteiger partial charge in [0.1, 0.15) is 5.75 Å². The van der Waals surface area contributed by atoms with E-state index >= 15 is 0 Å². The largest absolute Gasteiger partial charge is 0.508 e. The molecule has 1 rings (SSSR count). The molecule has 0 saturated heterocycles. The van der Waals surface area contributed by atoms with Gasteiger partial charge in [-0.3, -0.25) is 4.79 Å². The molecule has 0 aliphatic carbocycles. The maximum absolute atomic E-state index is 11.4. The Kier molecular flexibility index (Phi) is 2.85. The summed E-state index contributed by atoms with van der Waals surface area (Å²) in [7, 11) is 0. The first-order chi connectivity index (χ1) is 6.09. The van der Waals surface area contributed by atoms with Gasteiger partial charge < -0.3 is 5.11 Å². The van der Waals surface area contributed by atoms with Gasteiger partial charge in [-0.1, -0.05) is 5.57 Å². The van der Waals surface area contributed by atoms with E-state index in [0.717, 1.165) is 5.57 Å². The van der Waals surface area contributed by atoms with Gasteiger partial charge in [-0.25, -0.2) is 0 Å². The molecule has 0 spiro atoms. The summed E-state index contributed by atoms with van der Waals surface area (Å²) in [5.41, 5.74) is 1.57. The molecule has 0 amide bonds. The van der Waals surface area contributed by atoms with Gasteiger partial charge in [0.2, 0.25) is 0 Å². The zero-order valence-corrected chi connectivity index (χ0v) is 7.74. The highest BCUT2D eigenvalue weighted by Crippen LogP contribution is 2.10. The molecule has 2 heteroatoms. The lowest BCUT2D eigenvalue weighted by molar-refractivity contribution is 0.104. The molecule has 0 unspecified atom stereocenters. The third-order valence-corrected chi connectivity index (χ3v) is 1.57.